The standard InChI is InChI=1S/C28H28N2O4S/c1-17-8-9-18(2)21(12-17)15-30-22-6-4-5-7-25(22)35-26(28(30)32)19(3)27(31)29-14-20-10-11-23-24(13-20)34-16-33-23/h4-13,19,26H,14-16H2,1-3H3,(H,29,31)/t19-,26-/m0/s1. The Labute approximate surface area is 209 Å². The smallest absolute Gasteiger partial charge is 0.241 e. The highest BCUT2D eigenvalue weighted by molar-refractivity contribution is 8.01. The van der Waals surface area contributed by atoms with E-state index in [4.69, 9.17) is 9.47 Å². The number of carbonyl (C=O) groups excluding carboxylic acids is 2. The van der Waals surface area contributed by atoms with Crippen LogP contribution in [0.3, 0.4) is 0 Å². The highest BCUT2D eigenvalue weighted by Crippen LogP contribution is 2.42. The van der Waals surface area contributed by atoms with Gasteiger partial charge in [0.15, 0.2) is 11.5 Å². The zero-order chi connectivity index (χ0) is 24.5. The number of thioether (sulfide) groups is 1. The summed E-state index contributed by atoms with van der Waals surface area (Å²) in [4.78, 5) is 29.7. The Balaban J connectivity index is 1.33. The Hall–Kier alpha value is -3.45. The van der Waals surface area contributed by atoms with Crippen molar-refractivity contribution in [1.29, 1.82) is 0 Å². The van der Waals surface area contributed by atoms with Crippen LogP contribution in [0, 0.1) is 19.8 Å². The zero-order valence-corrected chi connectivity index (χ0v) is 20.9. The van der Waals surface area contributed by atoms with E-state index in [2.05, 4.69) is 37.4 Å². The lowest BCUT2D eigenvalue weighted by molar-refractivity contribution is -0.128. The number of ether oxygens (including phenoxy) is 2. The van der Waals surface area contributed by atoms with Gasteiger partial charge in [-0.05, 0) is 54.8 Å². The second kappa shape index (κ2) is 9.66. The fraction of sp³-hybridized carbons (Fsp3) is 0.286. The van der Waals surface area contributed by atoms with Crippen molar-refractivity contribution >= 4 is 29.3 Å². The van der Waals surface area contributed by atoms with Gasteiger partial charge in [0, 0.05) is 11.4 Å². The third-order valence-corrected chi connectivity index (χ3v) is 7.99. The fourth-order valence-electron chi connectivity index (χ4n) is 4.40. The summed E-state index contributed by atoms with van der Waals surface area (Å²) in [6, 6.07) is 19.8. The molecule has 5 rings (SSSR count). The first-order chi connectivity index (χ1) is 16.9. The quantitative estimate of drug-likeness (QED) is 0.529. The van der Waals surface area contributed by atoms with Crippen LogP contribution in [0.4, 0.5) is 5.69 Å². The molecule has 1 N–H and O–H groups in total. The molecule has 0 fully saturated rings. The van der Waals surface area contributed by atoms with E-state index in [1.807, 2.05) is 54.3 Å². The number of para-hydroxylation sites is 1. The average molecular weight is 489 g/mol. The van der Waals surface area contributed by atoms with Gasteiger partial charge in [0.05, 0.1) is 18.2 Å². The predicted octanol–water partition coefficient (Wildman–Crippen LogP) is 4.99. The lowest BCUT2D eigenvalue weighted by Crippen LogP contribution is -2.47. The molecule has 3 aromatic rings. The Kier molecular flexibility index (Phi) is 6.43. The van der Waals surface area contributed by atoms with Gasteiger partial charge >= 0.3 is 0 Å². The van der Waals surface area contributed by atoms with Crippen molar-refractivity contribution in [2.75, 3.05) is 11.7 Å². The molecule has 2 aliphatic rings. The topological polar surface area (TPSA) is 67.9 Å². The van der Waals surface area contributed by atoms with E-state index in [9.17, 15) is 9.59 Å². The Morgan fingerprint density at radius 1 is 1.09 bits per heavy atom. The van der Waals surface area contributed by atoms with E-state index in [-0.39, 0.29) is 18.6 Å². The van der Waals surface area contributed by atoms with Crippen LogP contribution >= 0.6 is 11.8 Å². The largest absolute Gasteiger partial charge is 0.454 e. The van der Waals surface area contributed by atoms with Gasteiger partial charge in [-0.3, -0.25) is 9.59 Å². The molecule has 35 heavy (non-hydrogen) atoms. The maximum absolute atomic E-state index is 13.7. The highest BCUT2D eigenvalue weighted by atomic mass is 32.2. The van der Waals surface area contributed by atoms with Gasteiger partial charge in [-0.15, -0.1) is 11.8 Å². The maximum atomic E-state index is 13.7. The second-order valence-corrected chi connectivity index (χ2v) is 10.2. The van der Waals surface area contributed by atoms with Gasteiger partial charge in [-0.1, -0.05) is 48.9 Å². The zero-order valence-electron chi connectivity index (χ0n) is 20.0. The predicted molar refractivity (Wildman–Crippen MR) is 137 cm³/mol. The van der Waals surface area contributed by atoms with Crippen LogP contribution in [0.5, 0.6) is 11.5 Å². The average Bonchev–Trinajstić information content (AvgIpc) is 3.33. The molecule has 0 saturated heterocycles. The van der Waals surface area contributed by atoms with Crippen LogP contribution < -0.4 is 19.7 Å². The van der Waals surface area contributed by atoms with Gasteiger partial charge in [0.1, 0.15) is 5.25 Å². The molecule has 6 nitrogen and oxygen atoms in total. The monoisotopic (exact) mass is 488 g/mol. The third kappa shape index (κ3) is 4.73. The van der Waals surface area contributed by atoms with E-state index < -0.39 is 11.2 Å². The van der Waals surface area contributed by atoms with Crippen LogP contribution in [0.2, 0.25) is 0 Å². The summed E-state index contributed by atoms with van der Waals surface area (Å²) in [5.74, 6) is 0.692. The molecule has 2 amide bonds. The number of anilines is 1. The number of amides is 2. The van der Waals surface area contributed by atoms with Crippen LogP contribution in [0.1, 0.15) is 29.2 Å². The Morgan fingerprint density at radius 2 is 1.89 bits per heavy atom. The minimum atomic E-state index is -0.508. The summed E-state index contributed by atoms with van der Waals surface area (Å²) < 4.78 is 10.8. The van der Waals surface area contributed by atoms with E-state index in [0.29, 0.717) is 24.6 Å². The summed E-state index contributed by atoms with van der Waals surface area (Å²) in [6.07, 6.45) is 0. The molecule has 180 valence electrons. The van der Waals surface area contributed by atoms with Crippen molar-refractivity contribution in [2.24, 2.45) is 5.92 Å². The van der Waals surface area contributed by atoms with Crippen LogP contribution in [-0.2, 0) is 22.7 Å². The van der Waals surface area contributed by atoms with Crippen molar-refractivity contribution in [2.45, 2.75) is 44.0 Å². The molecule has 2 atom stereocenters. The van der Waals surface area contributed by atoms with Gasteiger partial charge in [-0.25, -0.2) is 0 Å². The summed E-state index contributed by atoms with van der Waals surface area (Å²) >= 11 is 1.47. The first-order valence-electron chi connectivity index (χ1n) is 11.7. The number of fused-ring (bicyclic) bond motifs is 2. The summed E-state index contributed by atoms with van der Waals surface area (Å²) in [5, 5.41) is 2.49. The molecule has 0 radical (unpaired) electrons. The van der Waals surface area contributed by atoms with Gasteiger partial charge in [-0.2, -0.15) is 0 Å². The van der Waals surface area contributed by atoms with Crippen molar-refractivity contribution in [3.63, 3.8) is 0 Å². The number of nitrogens with one attached hydrogen (secondary N) is 1. The Bertz CT molecular complexity index is 1290. The molecule has 0 aliphatic carbocycles. The summed E-state index contributed by atoms with van der Waals surface area (Å²) in [5.41, 5.74) is 5.22. The summed E-state index contributed by atoms with van der Waals surface area (Å²) in [7, 11) is 0. The first-order valence-corrected chi connectivity index (χ1v) is 12.6. The van der Waals surface area contributed by atoms with Gasteiger partial charge in [0.25, 0.3) is 0 Å². The number of rotatable bonds is 6. The molecular formula is C28H28N2O4S. The second-order valence-electron chi connectivity index (χ2n) is 9.05. The molecule has 7 heteroatoms. The molecule has 2 heterocycles. The van der Waals surface area contributed by atoms with Crippen molar-refractivity contribution in [3.05, 3.63) is 82.9 Å². The maximum Gasteiger partial charge on any atom is 0.241 e. The number of benzene rings is 3. The normalized spacial score (nSPS) is 17.2. The number of hydrogen-bond donors (Lipinski definition) is 1. The van der Waals surface area contributed by atoms with Crippen LogP contribution in [0.25, 0.3) is 0 Å². The molecule has 0 saturated carbocycles. The number of nitrogens with zero attached hydrogens (tertiary/aromatic N) is 1. The molecule has 3 aromatic carbocycles. The number of aryl methyl sites for hydroxylation is 2. The lowest BCUT2D eigenvalue weighted by Gasteiger charge is -2.36. The van der Waals surface area contributed by atoms with E-state index in [1.165, 1.54) is 11.8 Å². The van der Waals surface area contributed by atoms with E-state index in [0.717, 1.165) is 32.8 Å². The molecular weight excluding hydrogens is 460 g/mol. The molecule has 0 bridgehead atoms. The highest BCUT2D eigenvalue weighted by Gasteiger charge is 2.39. The number of carbonyl (C=O) groups is 2. The van der Waals surface area contributed by atoms with Crippen molar-refractivity contribution in [1.82, 2.24) is 5.32 Å². The molecule has 0 unspecified atom stereocenters. The van der Waals surface area contributed by atoms with E-state index >= 15 is 0 Å². The summed E-state index contributed by atoms with van der Waals surface area (Å²) in [6.45, 7) is 6.99. The Morgan fingerprint density at radius 3 is 2.74 bits per heavy atom. The van der Waals surface area contributed by atoms with Crippen molar-refractivity contribution < 1.29 is 19.1 Å². The lowest BCUT2D eigenvalue weighted by atomic mass is 10.0. The third-order valence-electron chi connectivity index (χ3n) is 6.52. The van der Waals surface area contributed by atoms with Crippen LogP contribution in [-0.4, -0.2) is 23.9 Å². The molecule has 0 aromatic heterocycles. The van der Waals surface area contributed by atoms with E-state index in [1.54, 1.807) is 0 Å². The van der Waals surface area contributed by atoms with Gasteiger partial charge < -0.3 is 19.7 Å². The fourth-order valence-corrected chi connectivity index (χ4v) is 5.68. The minimum absolute atomic E-state index is 0.0414. The van der Waals surface area contributed by atoms with Crippen LogP contribution in [0.15, 0.2) is 65.6 Å². The van der Waals surface area contributed by atoms with Gasteiger partial charge in [0.2, 0.25) is 18.6 Å². The first kappa shape index (κ1) is 23.3. The SMILES string of the molecule is Cc1ccc(C)c(CN2C(=O)[C@H]([C@H](C)C(=O)NCc3ccc4c(c3)OCO4)Sc3ccccc32)c1. The molecule has 0 spiro atoms. The molecule has 2 aliphatic heterocycles. The minimum Gasteiger partial charge on any atom is -0.454 e. The number of hydrogen-bond acceptors (Lipinski definition) is 5. The van der Waals surface area contributed by atoms with Crippen molar-refractivity contribution in [3.8, 4) is 11.5 Å².